The van der Waals surface area contributed by atoms with Crippen molar-refractivity contribution in [3.8, 4) is 0 Å². The van der Waals surface area contributed by atoms with E-state index in [4.69, 9.17) is 0 Å². The lowest BCUT2D eigenvalue weighted by molar-refractivity contribution is -0.385. The van der Waals surface area contributed by atoms with Crippen molar-refractivity contribution in [1.29, 1.82) is 0 Å². The predicted octanol–water partition coefficient (Wildman–Crippen LogP) is 1.06. The van der Waals surface area contributed by atoms with Crippen molar-refractivity contribution in [2.45, 2.75) is 6.04 Å². The van der Waals surface area contributed by atoms with Crippen molar-refractivity contribution in [3.05, 3.63) is 31.9 Å². The van der Waals surface area contributed by atoms with Crippen molar-refractivity contribution in [1.82, 2.24) is 5.32 Å². The van der Waals surface area contributed by atoms with Crippen LogP contribution in [0.3, 0.4) is 0 Å². The Morgan fingerprint density at radius 1 is 1.58 bits per heavy atom. The molecule has 0 saturated carbocycles. The van der Waals surface area contributed by atoms with Crippen molar-refractivity contribution in [3.63, 3.8) is 0 Å². The van der Waals surface area contributed by atoms with Crippen molar-refractivity contribution < 1.29 is 14.8 Å². The van der Waals surface area contributed by atoms with Gasteiger partial charge >= 0.3 is 5.97 Å². The number of anilines is 1. The Hall–Kier alpha value is -1.42. The minimum atomic E-state index is -0.902. The fourth-order valence-electron chi connectivity index (χ4n) is 2.06. The van der Waals surface area contributed by atoms with E-state index in [0.29, 0.717) is 28.9 Å². The highest BCUT2D eigenvalue weighted by Gasteiger charge is 2.29. The number of nitrogens with one attached hydrogen (secondary N) is 1. The van der Waals surface area contributed by atoms with Crippen LogP contribution in [0.4, 0.5) is 11.4 Å². The van der Waals surface area contributed by atoms with Gasteiger partial charge < -0.3 is 15.3 Å². The van der Waals surface area contributed by atoms with Gasteiger partial charge in [-0.25, -0.2) is 4.79 Å². The van der Waals surface area contributed by atoms with E-state index in [1.54, 1.807) is 17.0 Å². The molecular formula is C11H12IN3O4. The number of carbonyl (C=O) groups is 1. The molecule has 0 aliphatic carbocycles. The van der Waals surface area contributed by atoms with Crippen LogP contribution < -0.4 is 10.2 Å². The van der Waals surface area contributed by atoms with E-state index in [9.17, 15) is 20.0 Å². The van der Waals surface area contributed by atoms with E-state index in [1.807, 2.05) is 22.6 Å². The fraction of sp³-hybridized carbons (Fsp3) is 0.364. The van der Waals surface area contributed by atoms with Crippen LogP contribution in [0.25, 0.3) is 0 Å². The van der Waals surface area contributed by atoms with E-state index in [0.717, 1.165) is 0 Å². The third-order valence-corrected chi connectivity index (χ3v) is 3.85. The SMILES string of the molecule is O=C(O)C1CNCCN1c1ccc([N+](=O)[O-])c(I)c1. The molecule has 0 amide bonds. The number of benzene rings is 1. The Labute approximate surface area is 122 Å². The fourth-order valence-corrected chi connectivity index (χ4v) is 2.75. The second-order valence-electron chi connectivity index (χ2n) is 4.14. The number of halogens is 1. The highest BCUT2D eigenvalue weighted by atomic mass is 127. The van der Waals surface area contributed by atoms with E-state index in [2.05, 4.69) is 5.32 Å². The lowest BCUT2D eigenvalue weighted by Gasteiger charge is -2.35. The monoisotopic (exact) mass is 377 g/mol. The number of carboxylic acid groups (broad SMARTS) is 1. The minimum absolute atomic E-state index is 0.0337. The molecule has 1 unspecified atom stereocenters. The summed E-state index contributed by atoms with van der Waals surface area (Å²) < 4.78 is 0.503. The molecule has 2 N–H and O–H groups in total. The molecule has 1 fully saturated rings. The van der Waals surface area contributed by atoms with Gasteiger partial charge in [0, 0.05) is 31.4 Å². The maximum atomic E-state index is 11.2. The minimum Gasteiger partial charge on any atom is -0.480 e. The third-order valence-electron chi connectivity index (χ3n) is 2.99. The zero-order valence-electron chi connectivity index (χ0n) is 9.88. The highest BCUT2D eigenvalue weighted by molar-refractivity contribution is 14.1. The second kappa shape index (κ2) is 5.70. The van der Waals surface area contributed by atoms with E-state index in [-0.39, 0.29) is 5.69 Å². The Morgan fingerprint density at radius 3 is 2.89 bits per heavy atom. The van der Waals surface area contributed by atoms with Crippen LogP contribution in [0, 0.1) is 13.7 Å². The normalized spacial score (nSPS) is 19.2. The summed E-state index contributed by atoms with van der Waals surface area (Å²) in [4.78, 5) is 23.3. The summed E-state index contributed by atoms with van der Waals surface area (Å²) in [5, 5.41) is 23.0. The van der Waals surface area contributed by atoms with Gasteiger partial charge in [0.1, 0.15) is 6.04 Å². The first-order valence-electron chi connectivity index (χ1n) is 5.65. The average molecular weight is 377 g/mol. The van der Waals surface area contributed by atoms with Gasteiger partial charge in [0.2, 0.25) is 0 Å². The number of hydrogen-bond donors (Lipinski definition) is 2. The number of piperazine rings is 1. The van der Waals surface area contributed by atoms with Crippen LogP contribution in [0.5, 0.6) is 0 Å². The molecule has 1 aliphatic rings. The number of nitro groups is 1. The predicted molar refractivity (Wildman–Crippen MR) is 77.5 cm³/mol. The largest absolute Gasteiger partial charge is 0.480 e. The molecule has 7 nitrogen and oxygen atoms in total. The van der Waals surface area contributed by atoms with Crippen LogP contribution in [0.15, 0.2) is 18.2 Å². The first-order chi connectivity index (χ1) is 9.00. The Balaban J connectivity index is 2.32. The van der Waals surface area contributed by atoms with Crippen LogP contribution in [-0.4, -0.2) is 41.7 Å². The van der Waals surface area contributed by atoms with Gasteiger partial charge in [0.05, 0.1) is 8.49 Å². The first kappa shape index (κ1) is 14.0. The van der Waals surface area contributed by atoms with Crippen molar-refractivity contribution in [2.75, 3.05) is 24.5 Å². The summed E-state index contributed by atoms with van der Waals surface area (Å²) in [5.74, 6) is -0.902. The molecule has 0 radical (unpaired) electrons. The number of aliphatic carboxylic acids is 1. The molecule has 1 aromatic rings. The van der Waals surface area contributed by atoms with Gasteiger partial charge in [-0.1, -0.05) is 0 Å². The molecule has 8 heteroatoms. The topological polar surface area (TPSA) is 95.7 Å². The van der Waals surface area contributed by atoms with E-state index < -0.39 is 16.9 Å². The van der Waals surface area contributed by atoms with Gasteiger partial charge in [-0.05, 0) is 34.7 Å². The van der Waals surface area contributed by atoms with E-state index >= 15 is 0 Å². The summed E-state index contributed by atoms with van der Waals surface area (Å²) in [5.41, 5.74) is 0.732. The molecule has 0 bridgehead atoms. The molecule has 2 rings (SSSR count). The highest BCUT2D eigenvalue weighted by Crippen LogP contribution is 2.27. The molecule has 1 saturated heterocycles. The van der Waals surface area contributed by atoms with Crippen LogP contribution in [0.2, 0.25) is 0 Å². The maximum absolute atomic E-state index is 11.2. The molecular weight excluding hydrogens is 365 g/mol. The summed E-state index contributed by atoms with van der Waals surface area (Å²) >= 11 is 1.89. The lowest BCUT2D eigenvalue weighted by Crippen LogP contribution is -2.55. The van der Waals surface area contributed by atoms with Gasteiger partial charge in [0.25, 0.3) is 5.69 Å². The molecule has 1 atom stereocenters. The molecule has 0 spiro atoms. The second-order valence-corrected chi connectivity index (χ2v) is 5.31. The zero-order chi connectivity index (χ0) is 14.0. The maximum Gasteiger partial charge on any atom is 0.327 e. The Morgan fingerprint density at radius 2 is 2.32 bits per heavy atom. The van der Waals surface area contributed by atoms with Gasteiger partial charge in [0.15, 0.2) is 0 Å². The quantitative estimate of drug-likeness (QED) is 0.465. The molecule has 102 valence electrons. The zero-order valence-corrected chi connectivity index (χ0v) is 12.0. The Kier molecular flexibility index (Phi) is 4.20. The molecule has 1 aromatic carbocycles. The summed E-state index contributed by atoms with van der Waals surface area (Å²) in [6.07, 6.45) is 0. The summed E-state index contributed by atoms with van der Waals surface area (Å²) in [7, 11) is 0. The van der Waals surface area contributed by atoms with E-state index in [1.165, 1.54) is 6.07 Å². The molecule has 1 aliphatic heterocycles. The molecule has 19 heavy (non-hydrogen) atoms. The van der Waals surface area contributed by atoms with Gasteiger partial charge in [-0.2, -0.15) is 0 Å². The van der Waals surface area contributed by atoms with Crippen molar-refractivity contribution in [2.24, 2.45) is 0 Å². The van der Waals surface area contributed by atoms with Crippen LogP contribution >= 0.6 is 22.6 Å². The third kappa shape index (κ3) is 2.95. The molecule has 0 aromatic heterocycles. The molecule has 1 heterocycles. The van der Waals surface area contributed by atoms with Gasteiger partial charge in [-0.15, -0.1) is 0 Å². The lowest BCUT2D eigenvalue weighted by atomic mass is 10.1. The van der Waals surface area contributed by atoms with Crippen LogP contribution in [0.1, 0.15) is 0 Å². The van der Waals surface area contributed by atoms with Gasteiger partial charge in [-0.3, -0.25) is 10.1 Å². The Bertz CT molecular complexity index is 523. The number of rotatable bonds is 3. The first-order valence-corrected chi connectivity index (χ1v) is 6.72. The van der Waals surface area contributed by atoms with Crippen molar-refractivity contribution >= 4 is 39.9 Å². The van der Waals surface area contributed by atoms with Crippen LogP contribution in [-0.2, 0) is 4.79 Å². The number of carboxylic acids is 1. The summed E-state index contributed by atoms with van der Waals surface area (Å²) in [6.45, 7) is 1.62. The average Bonchev–Trinajstić information content (AvgIpc) is 2.38. The smallest absolute Gasteiger partial charge is 0.327 e. The standard InChI is InChI=1S/C11H12IN3O4/c12-8-5-7(1-2-9(8)15(18)19)14-4-3-13-6-10(14)11(16)17/h1-2,5,10,13H,3-4,6H2,(H,16,17). The number of nitro benzene ring substituents is 1. The number of nitrogens with zero attached hydrogens (tertiary/aromatic N) is 2. The summed E-state index contributed by atoms with van der Waals surface area (Å²) in [6, 6.07) is 4.02. The number of hydrogen-bond acceptors (Lipinski definition) is 5.